The smallest absolute Gasteiger partial charge is 0.223 e. The maximum atomic E-state index is 11.9. The number of nitrogens with one attached hydrogen (secondary N) is 1. The van der Waals surface area contributed by atoms with Gasteiger partial charge in [-0.25, -0.2) is 0 Å². The maximum Gasteiger partial charge on any atom is 0.223 e. The Morgan fingerprint density at radius 3 is 2.04 bits per heavy atom. The van der Waals surface area contributed by atoms with Crippen LogP contribution in [-0.4, -0.2) is 29.3 Å². The normalized spacial score (nSPS) is 22.0. The molecule has 0 aromatic heterocycles. The van der Waals surface area contributed by atoms with Crippen LogP contribution in [0.2, 0.25) is 0 Å². The Balaban J connectivity index is 2.44. The second-order valence-electron chi connectivity index (χ2n) is 8.92. The van der Waals surface area contributed by atoms with Crippen LogP contribution >= 0.6 is 0 Å². The van der Waals surface area contributed by atoms with Crippen molar-refractivity contribution in [2.45, 2.75) is 97.0 Å². The maximum absolute atomic E-state index is 11.9. The zero-order valence-corrected chi connectivity index (χ0v) is 18.5. The van der Waals surface area contributed by atoms with Gasteiger partial charge in [0.15, 0.2) is 0 Å². The van der Waals surface area contributed by atoms with E-state index in [0.29, 0.717) is 17.8 Å². The Labute approximate surface area is 170 Å². The molecule has 1 aromatic rings. The van der Waals surface area contributed by atoms with Crippen LogP contribution in [0.5, 0.6) is 0 Å². The van der Waals surface area contributed by atoms with Gasteiger partial charge in [-0.3, -0.25) is 4.79 Å². The number of hydrogen-bond donors (Lipinski definition) is 2. The summed E-state index contributed by atoms with van der Waals surface area (Å²) < 4.78 is 6.39. The summed E-state index contributed by atoms with van der Waals surface area (Å²) in [5.41, 5.74) is 5.18. The van der Waals surface area contributed by atoms with Crippen molar-refractivity contribution in [3.05, 3.63) is 47.0 Å². The molecule has 4 atom stereocenters. The van der Waals surface area contributed by atoms with E-state index >= 15 is 0 Å². The van der Waals surface area contributed by atoms with E-state index in [1.807, 2.05) is 0 Å². The van der Waals surface area contributed by atoms with Crippen LogP contribution < -0.4 is 5.32 Å². The van der Waals surface area contributed by atoms with Crippen LogP contribution in [0.1, 0.15) is 101 Å². The summed E-state index contributed by atoms with van der Waals surface area (Å²) >= 11 is 0. The fourth-order valence-electron chi connectivity index (χ4n) is 4.04. The van der Waals surface area contributed by atoms with Gasteiger partial charge in [0.25, 0.3) is 0 Å². The monoisotopic (exact) mass is 387 g/mol. The lowest BCUT2D eigenvalue weighted by Gasteiger charge is -2.30. The predicted octanol–water partition coefficient (Wildman–Crippen LogP) is 4.94. The van der Waals surface area contributed by atoms with Gasteiger partial charge in [0, 0.05) is 0 Å². The van der Waals surface area contributed by atoms with Crippen LogP contribution in [0.3, 0.4) is 0 Å². The molecular weight excluding hydrogens is 350 g/mol. The molecule has 0 saturated carbocycles. The van der Waals surface area contributed by atoms with Gasteiger partial charge >= 0.3 is 0 Å². The van der Waals surface area contributed by atoms with Crippen molar-refractivity contribution in [1.82, 2.24) is 5.32 Å². The topological polar surface area (TPSA) is 58.6 Å². The standard InChI is InChI=1S/C24H37NO3/c1-9-20(26)24-21(12-22(27)25-24)28-16(8)23-18(14(4)5)10-17(13(2)3)11-19(23)15(6)7/h9-11,13-16,20-21,24,26H,1,12H2,2-8H3,(H,25,27)/t16-,20-,21+,24+/m1/s1. The third-order valence-corrected chi connectivity index (χ3v) is 5.69. The first-order valence-corrected chi connectivity index (χ1v) is 10.5. The van der Waals surface area contributed by atoms with E-state index in [1.54, 1.807) is 0 Å². The van der Waals surface area contributed by atoms with Gasteiger partial charge in [-0.1, -0.05) is 59.8 Å². The summed E-state index contributed by atoms with van der Waals surface area (Å²) in [6.07, 6.45) is 0.348. The molecule has 1 aromatic carbocycles. The van der Waals surface area contributed by atoms with Crippen molar-refractivity contribution < 1.29 is 14.6 Å². The zero-order valence-electron chi connectivity index (χ0n) is 18.5. The number of amides is 1. The molecular formula is C24H37NO3. The Morgan fingerprint density at radius 1 is 1.07 bits per heavy atom. The number of carbonyl (C=O) groups is 1. The highest BCUT2D eigenvalue weighted by Crippen LogP contribution is 2.38. The number of aliphatic hydroxyl groups is 1. The molecule has 156 valence electrons. The molecule has 1 amide bonds. The SMILES string of the molecule is C=C[C@@H](O)[C@@H]1NC(=O)C[C@@H]1O[C@H](C)c1c(C(C)C)cc(C(C)C)cc1C(C)C. The molecule has 2 N–H and O–H groups in total. The zero-order chi connectivity index (χ0) is 21.2. The van der Waals surface area contributed by atoms with Gasteiger partial charge in [-0.15, -0.1) is 6.58 Å². The molecule has 2 rings (SSSR count). The van der Waals surface area contributed by atoms with E-state index in [4.69, 9.17) is 4.74 Å². The highest BCUT2D eigenvalue weighted by molar-refractivity contribution is 5.79. The van der Waals surface area contributed by atoms with Crippen molar-refractivity contribution in [1.29, 1.82) is 0 Å². The van der Waals surface area contributed by atoms with E-state index in [0.717, 1.165) is 0 Å². The Bertz CT molecular complexity index is 679. The second kappa shape index (κ2) is 9.23. The van der Waals surface area contributed by atoms with Crippen molar-refractivity contribution >= 4 is 5.91 Å². The molecule has 1 aliphatic heterocycles. The Morgan fingerprint density at radius 2 is 1.61 bits per heavy atom. The first kappa shape index (κ1) is 22.6. The minimum Gasteiger partial charge on any atom is -0.387 e. The number of carbonyl (C=O) groups excluding carboxylic acids is 1. The molecule has 0 bridgehead atoms. The quantitative estimate of drug-likeness (QED) is 0.621. The predicted molar refractivity (Wildman–Crippen MR) is 115 cm³/mol. The minimum atomic E-state index is -0.818. The Hall–Kier alpha value is -1.65. The molecule has 4 heteroatoms. The molecule has 0 spiro atoms. The van der Waals surface area contributed by atoms with Crippen LogP contribution in [0.4, 0.5) is 0 Å². The van der Waals surface area contributed by atoms with E-state index in [-0.39, 0.29) is 24.5 Å². The van der Waals surface area contributed by atoms with E-state index in [1.165, 1.54) is 28.3 Å². The van der Waals surface area contributed by atoms with Crippen molar-refractivity contribution in [3.8, 4) is 0 Å². The number of ether oxygens (including phenoxy) is 1. The molecule has 1 heterocycles. The molecule has 4 nitrogen and oxygen atoms in total. The molecule has 28 heavy (non-hydrogen) atoms. The average Bonchev–Trinajstić information content (AvgIpc) is 2.99. The number of benzene rings is 1. The van der Waals surface area contributed by atoms with Gasteiger partial charge in [0.1, 0.15) is 0 Å². The van der Waals surface area contributed by atoms with E-state index in [2.05, 4.69) is 72.5 Å². The summed E-state index contributed by atoms with van der Waals surface area (Å²) in [6.45, 7) is 19.0. The van der Waals surface area contributed by atoms with Gasteiger partial charge in [-0.2, -0.15) is 0 Å². The summed E-state index contributed by atoms with van der Waals surface area (Å²) in [5, 5.41) is 13.0. The fraction of sp³-hybridized carbons (Fsp3) is 0.625. The fourth-order valence-corrected chi connectivity index (χ4v) is 4.04. The van der Waals surface area contributed by atoms with E-state index < -0.39 is 12.1 Å². The highest BCUT2D eigenvalue weighted by atomic mass is 16.5. The second-order valence-corrected chi connectivity index (χ2v) is 8.92. The average molecular weight is 388 g/mol. The van der Waals surface area contributed by atoms with Crippen LogP contribution in [-0.2, 0) is 9.53 Å². The molecule has 1 saturated heterocycles. The van der Waals surface area contributed by atoms with Crippen LogP contribution in [0.15, 0.2) is 24.8 Å². The lowest BCUT2D eigenvalue weighted by molar-refractivity contribution is -0.120. The third-order valence-electron chi connectivity index (χ3n) is 5.69. The molecule has 0 aliphatic carbocycles. The number of aliphatic hydroxyl groups excluding tert-OH is 1. The van der Waals surface area contributed by atoms with E-state index in [9.17, 15) is 9.90 Å². The molecule has 0 radical (unpaired) electrons. The molecule has 0 unspecified atom stereocenters. The minimum absolute atomic E-state index is 0.0913. The van der Waals surface area contributed by atoms with Gasteiger partial charge in [0.05, 0.1) is 30.8 Å². The summed E-state index contributed by atoms with van der Waals surface area (Å²) in [6, 6.07) is 4.17. The van der Waals surface area contributed by atoms with Crippen LogP contribution in [0, 0.1) is 0 Å². The lowest BCUT2D eigenvalue weighted by atomic mass is 9.82. The molecule has 1 fully saturated rings. The Kier molecular flexibility index (Phi) is 7.46. The summed E-state index contributed by atoms with van der Waals surface area (Å²) in [7, 11) is 0. The summed E-state index contributed by atoms with van der Waals surface area (Å²) in [5.74, 6) is 1.11. The number of hydrogen-bond acceptors (Lipinski definition) is 3. The number of rotatable bonds is 8. The van der Waals surface area contributed by atoms with Crippen molar-refractivity contribution in [3.63, 3.8) is 0 Å². The summed E-state index contributed by atoms with van der Waals surface area (Å²) in [4.78, 5) is 11.9. The van der Waals surface area contributed by atoms with Crippen molar-refractivity contribution in [2.24, 2.45) is 0 Å². The largest absolute Gasteiger partial charge is 0.387 e. The lowest BCUT2D eigenvalue weighted by Crippen LogP contribution is -2.42. The van der Waals surface area contributed by atoms with Gasteiger partial charge in [0.2, 0.25) is 5.91 Å². The van der Waals surface area contributed by atoms with Gasteiger partial charge < -0.3 is 15.2 Å². The van der Waals surface area contributed by atoms with Crippen LogP contribution in [0.25, 0.3) is 0 Å². The molecule has 1 aliphatic rings. The first-order valence-electron chi connectivity index (χ1n) is 10.5. The van der Waals surface area contributed by atoms with Crippen molar-refractivity contribution in [2.75, 3.05) is 0 Å². The van der Waals surface area contributed by atoms with Gasteiger partial charge in [-0.05, 0) is 46.9 Å². The highest BCUT2D eigenvalue weighted by Gasteiger charge is 2.38. The third kappa shape index (κ3) is 4.84. The first-order chi connectivity index (χ1) is 13.1.